The third-order valence-corrected chi connectivity index (χ3v) is 6.78. The zero-order valence-electron chi connectivity index (χ0n) is 16.8. The molecule has 1 N–H and O–H groups in total. The van der Waals surface area contributed by atoms with Crippen LogP contribution >= 0.6 is 11.3 Å². The number of methoxy groups -OCH3 is 1. The standard InChI is InChI=1S/C25H22N2O2S/c1-29-18-13-11-16(12-14-18)15-20(17-7-3-2-4-8-17)23-26-24(28)22-19-9-5-6-10-21(19)30-25(22)27-23/h2-4,7-8,11-15H,5-6,9-10H2,1H3,(H,26,27,28)/b20-15+. The molecule has 5 rings (SSSR count). The van der Waals surface area contributed by atoms with Crippen LogP contribution in [0.2, 0.25) is 0 Å². The second-order valence-electron chi connectivity index (χ2n) is 7.50. The van der Waals surface area contributed by atoms with Crippen LogP contribution in [0.15, 0.2) is 59.4 Å². The van der Waals surface area contributed by atoms with Gasteiger partial charge in [-0.3, -0.25) is 4.79 Å². The number of ether oxygens (including phenoxy) is 1. The molecule has 0 aliphatic heterocycles. The largest absolute Gasteiger partial charge is 0.497 e. The second-order valence-corrected chi connectivity index (χ2v) is 8.59. The summed E-state index contributed by atoms with van der Waals surface area (Å²) < 4.78 is 5.27. The minimum Gasteiger partial charge on any atom is -0.497 e. The molecule has 0 saturated heterocycles. The van der Waals surface area contributed by atoms with Gasteiger partial charge < -0.3 is 9.72 Å². The number of hydrogen-bond acceptors (Lipinski definition) is 4. The summed E-state index contributed by atoms with van der Waals surface area (Å²) in [5.74, 6) is 1.42. The minimum absolute atomic E-state index is 0.0361. The van der Waals surface area contributed by atoms with Gasteiger partial charge >= 0.3 is 0 Å². The quantitative estimate of drug-likeness (QED) is 0.451. The maximum Gasteiger partial charge on any atom is 0.260 e. The number of H-pyrrole nitrogens is 1. The van der Waals surface area contributed by atoms with E-state index >= 15 is 0 Å². The molecule has 5 heteroatoms. The van der Waals surface area contributed by atoms with Crippen molar-refractivity contribution in [2.45, 2.75) is 25.7 Å². The molecule has 2 aromatic heterocycles. The van der Waals surface area contributed by atoms with Crippen LogP contribution in [0, 0.1) is 0 Å². The molecule has 0 amide bonds. The van der Waals surface area contributed by atoms with Crippen molar-refractivity contribution in [1.29, 1.82) is 0 Å². The molecule has 2 aromatic carbocycles. The van der Waals surface area contributed by atoms with E-state index in [1.54, 1.807) is 18.4 Å². The van der Waals surface area contributed by atoms with Gasteiger partial charge in [0.15, 0.2) is 0 Å². The lowest BCUT2D eigenvalue weighted by Gasteiger charge is -2.10. The monoisotopic (exact) mass is 414 g/mol. The maximum atomic E-state index is 13.1. The molecule has 30 heavy (non-hydrogen) atoms. The van der Waals surface area contributed by atoms with Gasteiger partial charge in [-0.05, 0) is 60.6 Å². The fraction of sp³-hybridized carbons (Fsp3) is 0.200. The van der Waals surface area contributed by atoms with Gasteiger partial charge in [0.2, 0.25) is 0 Å². The van der Waals surface area contributed by atoms with Crippen molar-refractivity contribution in [3.05, 3.63) is 92.3 Å². The van der Waals surface area contributed by atoms with Gasteiger partial charge in [-0.2, -0.15) is 0 Å². The smallest absolute Gasteiger partial charge is 0.260 e. The van der Waals surface area contributed by atoms with E-state index in [0.29, 0.717) is 5.82 Å². The summed E-state index contributed by atoms with van der Waals surface area (Å²) in [7, 11) is 1.66. The summed E-state index contributed by atoms with van der Waals surface area (Å²) in [4.78, 5) is 23.2. The third kappa shape index (κ3) is 3.46. The molecule has 0 atom stereocenters. The Balaban J connectivity index is 1.68. The van der Waals surface area contributed by atoms with Crippen LogP contribution < -0.4 is 10.3 Å². The summed E-state index contributed by atoms with van der Waals surface area (Å²) in [6.07, 6.45) is 6.43. The summed E-state index contributed by atoms with van der Waals surface area (Å²) in [6.45, 7) is 0. The molecule has 1 aliphatic carbocycles. The fourth-order valence-corrected chi connectivity index (χ4v) is 5.33. The van der Waals surface area contributed by atoms with E-state index in [1.165, 1.54) is 16.9 Å². The van der Waals surface area contributed by atoms with Gasteiger partial charge in [-0.25, -0.2) is 4.98 Å². The Morgan fingerprint density at radius 1 is 1.07 bits per heavy atom. The van der Waals surface area contributed by atoms with Gasteiger partial charge in [-0.15, -0.1) is 11.3 Å². The normalized spacial score (nSPS) is 14.0. The van der Waals surface area contributed by atoms with E-state index in [2.05, 4.69) is 11.1 Å². The van der Waals surface area contributed by atoms with Crippen LogP contribution in [-0.4, -0.2) is 17.1 Å². The first kappa shape index (κ1) is 18.8. The number of benzene rings is 2. The zero-order chi connectivity index (χ0) is 20.5. The topological polar surface area (TPSA) is 55.0 Å². The van der Waals surface area contributed by atoms with Crippen LogP contribution in [0.25, 0.3) is 21.9 Å². The van der Waals surface area contributed by atoms with Crippen molar-refractivity contribution >= 4 is 33.2 Å². The predicted octanol–water partition coefficient (Wildman–Crippen LogP) is 5.46. The van der Waals surface area contributed by atoms with Crippen molar-refractivity contribution in [3.63, 3.8) is 0 Å². The molecule has 4 nitrogen and oxygen atoms in total. The van der Waals surface area contributed by atoms with E-state index in [1.807, 2.05) is 54.6 Å². The van der Waals surface area contributed by atoms with Gasteiger partial charge in [-0.1, -0.05) is 42.5 Å². The molecule has 0 spiro atoms. The predicted molar refractivity (Wildman–Crippen MR) is 123 cm³/mol. The van der Waals surface area contributed by atoms with Crippen LogP contribution in [0.1, 0.15) is 40.2 Å². The van der Waals surface area contributed by atoms with Gasteiger partial charge in [0.25, 0.3) is 5.56 Å². The lowest BCUT2D eigenvalue weighted by molar-refractivity contribution is 0.415. The third-order valence-electron chi connectivity index (χ3n) is 5.59. The number of aromatic amines is 1. The first-order valence-corrected chi connectivity index (χ1v) is 11.0. The molecule has 0 bridgehead atoms. The minimum atomic E-state index is -0.0361. The molecular weight excluding hydrogens is 392 g/mol. The Morgan fingerprint density at radius 2 is 1.83 bits per heavy atom. The number of hydrogen-bond donors (Lipinski definition) is 1. The number of fused-ring (bicyclic) bond motifs is 3. The lowest BCUT2D eigenvalue weighted by Crippen LogP contribution is -2.13. The van der Waals surface area contributed by atoms with Crippen molar-refractivity contribution in [2.24, 2.45) is 0 Å². The number of nitrogens with one attached hydrogen (secondary N) is 1. The summed E-state index contributed by atoms with van der Waals surface area (Å²) >= 11 is 1.68. The van der Waals surface area contributed by atoms with E-state index in [9.17, 15) is 4.79 Å². The van der Waals surface area contributed by atoms with Crippen LogP contribution in [0.5, 0.6) is 5.75 Å². The molecule has 0 saturated carbocycles. The van der Waals surface area contributed by atoms with Crippen LogP contribution in [0.4, 0.5) is 0 Å². The highest BCUT2D eigenvalue weighted by Crippen LogP contribution is 2.34. The highest BCUT2D eigenvalue weighted by molar-refractivity contribution is 7.18. The summed E-state index contributed by atoms with van der Waals surface area (Å²) in [6, 6.07) is 17.9. The summed E-state index contributed by atoms with van der Waals surface area (Å²) in [5.41, 5.74) is 4.10. The van der Waals surface area contributed by atoms with Gasteiger partial charge in [0.1, 0.15) is 16.4 Å². The highest BCUT2D eigenvalue weighted by atomic mass is 32.1. The van der Waals surface area contributed by atoms with E-state index in [0.717, 1.165) is 51.9 Å². The van der Waals surface area contributed by atoms with Crippen LogP contribution in [-0.2, 0) is 12.8 Å². The first-order valence-electron chi connectivity index (χ1n) is 10.2. The Morgan fingerprint density at radius 3 is 2.60 bits per heavy atom. The zero-order valence-corrected chi connectivity index (χ0v) is 17.6. The maximum absolute atomic E-state index is 13.1. The molecule has 2 heterocycles. The SMILES string of the molecule is COc1ccc(/C=C(\c2ccccc2)c2nc3sc4c(c3c(=O)[nH]2)CCCC4)cc1. The van der Waals surface area contributed by atoms with Crippen molar-refractivity contribution in [2.75, 3.05) is 7.11 Å². The van der Waals surface area contributed by atoms with Gasteiger partial charge in [0.05, 0.1) is 12.5 Å². The number of thiophene rings is 1. The molecule has 4 aromatic rings. The summed E-state index contributed by atoms with van der Waals surface area (Å²) in [5, 5.41) is 0.787. The number of aryl methyl sites for hydroxylation is 2. The van der Waals surface area contributed by atoms with E-state index < -0.39 is 0 Å². The highest BCUT2D eigenvalue weighted by Gasteiger charge is 2.20. The number of rotatable bonds is 4. The number of aromatic nitrogens is 2. The molecule has 1 aliphatic rings. The van der Waals surface area contributed by atoms with Crippen molar-refractivity contribution in [1.82, 2.24) is 9.97 Å². The van der Waals surface area contributed by atoms with Crippen LogP contribution in [0.3, 0.4) is 0 Å². The number of nitrogens with zero attached hydrogens (tertiary/aromatic N) is 1. The van der Waals surface area contributed by atoms with Crippen molar-refractivity contribution < 1.29 is 4.74 Å². The Hall–Kier alpha value is -3.18. The Labute approximate surface area is 178 Å². The Kier molecular flexibility index (Phi) is 4.97. The van der Waals surface area contributed by atoms with E-state index in [4.69, 9.17) is 9.72 Å². The molecule has 0 radical (unpaired) electrons. The fourth-order valence-electron chi connectivity index (χ4n) is 4.06. The molecular formula is C25H22N2O2S. The first-order chi connectivity index (χ1) is 14.7. The second kappa shape index (κ2) is 7.92. The molecule has 150 valence electrons. The molecule has 0 unspecified atom stereocenters. The van der Waals surface area contributed by atoms with Crippen molar-refractivity contribution in [3.8, 4) is 5.75 Å². The lowest BCUT2D eigenvalue weighted by atomic mass is 9.97. The average molecular weight is 415 g/mol. The van der Waals surface area contributed by atoms with E-state index in [-0.39, 0.29) is 5.56 Å². The average Bonchev–Trinajstić information content (AvgIpc) is 3.17. The van der Waals surface area contributed by atoms with Gasteiger partial charge in [0, 0.05) is 10.5 Å². The Bertz CT molecular complexity index is 1280. The molecule has 0 fully saturated rings.